The minimum absolute atomic E-state index is 0.253. The van der Waals surface area contributed by atoms with Gasteiger partial charge in [0.15, 0.2) is 0 Å². The van der Waals surface area contributed by atoms with E-state index in [0.717, 1.165) is 12.2 Å². The van der Waals surface area contributed by atoms with Crippen LogP contribution in [0, 0.1) is 0 Å². The summed E-state index contributed by atoms with van der Waals surface area (Å²) in [5.74, 6) is -1.79. The predicted octanol–water partition coefficient (Wildman–Crippen LogP) is 1.75. The lowest BCUT2D eigenvalue weighted by Gasteiger charge is -1.99. The second kappa shape index (κ2) is 11.3. The molecule has 0 radical (unpaired) electrons. The smallest absolute Gasteiger partial charge is 0.330 e. The van der Waals surface area contributed by atoms with Gasteiger partial charge in [0.1, 0.15) is 0 Å². The van der Waals surface area contributed by atoms with Crippen molar-refractivity contribution in [2.45, 2.75) is 26.9 Å². The minimum Gasteiger partial charge on any atom is -0.499 e. The van der Waals surface area contributed by atoms with E-state index in [2.05, 4.69) is 11.3 Å². The van der Waals surface area contributed by atoms with Crippen molar-refractivity contribution in [3.8, 4) is 0 Å². The third-order valence-electron chi connectivity index (χ3n) is 1.02. The van der Waals surface area contributed by atoms with Crippen LogP contribution in [0.3, 0.4) is 0 Å². The summed E-state index contributed by atoms with van der Waals surface area (Å²) in [5, 5.41) is 8.04. The molecule has 0 aromatic carbocycles. The second-order valence-electron chi connectivity index (χ2n) is 2.78. The number of carbonyl (C=O) groups excluding carboxylic acids is 1. The fourth-order valence-corrected chi connectivity index (χ4v) is 0.522. The van der Waals surface area contributed by atoms with Gasteiger partial charge >= 0.3 is 11.9 Å². The number of rotatable bonds is 5. The summed E-state index contributed by atoms with van der Waals surface area (Å²) >= 11 is 0. The molecule has 0 aromatic rings. The predicted molar refractivity (Wildman–Crippen MR) is 59.8 cm³/mol. The van der Waals surface area contributed by atoms with Gasteiger partial charge in [-0.1, -0.05) is 6.58 Å². The van der Waals surface area contributed by atoms with Crippen molar-refractivity contribution in [1.29, 1.82) is 0 Å². The molecule has 0 amide bonds. The van der Waals surface area contributed by atoms with Crippen LogP contribution in [-0.4, -0.2) is 29.8 Å². The van der Waals surface area contributed by atoms with Crippen LogP contribution < -0.4 is 0 Å². The first-order valence-corrected chi connectivity index (χ1v) is 4.78. The van der Waals surface area contributed by atoms with Gasteiger partial charge in [0.2, 0.25) is 0 Å². The van der Waals surface area contributed by atoms with E-state index in [4.69, 9.17) is 9.84 Å². The van der Waals surface area contributed by atoms with Crippen LogP contribution in [0.2, 0.25) is 0 Å². The number of ether oxygens (including phenoxy) is 2. The van der Waals surface area contributed by atoms with E-state index < -0.39 is 11.9 Å². The van der Waals surface area contributed by atoms with Crippen LogP contribution in [0.4, 0.5) is 0 Å². The molecule has 0 heterocycles. The van der Waals surface area contributed by atoms with E-state index in [1.165, 1.54) is 6.26 Å². The summed E-state index contributed by atoms with van der Waals surface area (Å²) < 4.78 is 9.21. The maximum atomic E-state index is 10.4. The third kappa shape index (κ3) is 18.1. The lowest BCUT2D eigenvalue weighted by molar-refractivity contribution is -0.138. The molecule has 5 nitrogen and oxygen atoms in total. The molecule has 0 saturated heterocycles. The molecule has 0 bridgehead atoms. The van der Waals surface area contributed by atoms with E-state index in [-0.39, 0.29) is 12.7 Å². The Balaban J connectivity index is 0. The molecule has 0 aromatic heterocycles. The quantitative estimate of drug-likeness (QED) is 0.442. The Kier molecular flexibility index (Phi) is 11.7. The molecule has 0 atom stereocenters. The SMILES string of the molecule is C=COC(C)C.CCOC(=O)/C=C\C(=O)O. The van der Waals surface area contributed by atoms with Gasteiger partial charge in [-0.25, -0.2) is 9.59 Å². The molecule has 1 N–H and O–H groups in total. The first kappa shape index (κ1) is 16.6. The molecule has 0 aliphatic rings. The van der Waals surface area contributed by atoms with E-state index in [9.17, 15) is 9.59 Å². The van der Waals surface area contributed by atoms with Crippen molar-refractivity contribution in [3.63, 3.8) is 0 Å². The molecule has 16 heavy (non-hydrogen) atoms. The number of esters is 1. The van der Waals surface area contributed by atoms with E-state index in [1.807, 2.05) is 13.8 Å². The van der Waals surface area contributed by atoms with Crippen LogP contribution in [0.15, 0.2) is 25.0 Å². The van der Waals surface area contributed by atoms with Gasteiger partial charge in [-0.05, 0) is 20.8 Å². The maximum Gasteiger partial charge on any atom is 0.330 e. The van der Waals surface area contributed by atoms with Gasteiger partial charge in [0, 0.05) is 12.2 Å². The molecule has 0 spiro atoms. The van der Waals surface area contributed by atoms with Crippen molar-refractivity contribution in [1.82, 2.24) is 0 Å². The first-order valence-electron chi connectivity index (χ1n) is 4.78. The molecule has 0 unspecified atom stereocenters. The highest BCUT2D eigenvalue weighted by Gasteiger charge is 1.94. The average molecular weight is 230 g/mol. The molecule has 5 heteroatoms. The van der Waals surface area contributed by atoms with Gasteiger partial charge < -0.3 is 14.6 Å². The topological polar surface area (TPSA) is 72.8 Å². The Bertz CT molecular complexity index is 243. The number of aliphatic carboxylic acids is 1. The monoisotopic (exact) mass is 230 g/mol. The molecule has 0 rings (SSSR count). The summed E-state index contributed by atoms with van der Waals surface area (Å²) in [6.45, 7) is 9.20. The highest BCUT2D eigenvalue weighted by atomic mass is 16.5. The minimum atomic E-state index is -1.16. The van der Waals surface area contributed by atoms with Crippen LogP contribution in [0.1, 0.15) is 20.8 Å². The Morgan fingerprint density at radius 2 is 1.94 bits per heavy atom. The Morgan fingerprint density at radius 1 is 1.38 bits per heavy atom. The summed E-state index contributed by atoms with van der Waals surface area (Å²) in [4.78, 5) is 20.2. The number of carboxylic acids is 1. The molecule has 0 aliphatic carbocycles. The van der Waals surface area contributed by atoms with E-state index >= 15 is 0 Å². The third-order valence-corrected chi connectivity index (χ3v) is 1.02. The summed E-state index contributed by atoms with van der Waals surface area (Å²) in [5.41, 5.74) is 0. The lowest BCUT2D eigenvalue weighted by atomic mass is 10.5. The van der Waals surface area contributed by atoms with Crippen molar-refractivity contribution >= 4 is 11.9 Å². The lowest BCUT2D eigenvalue weighted by Crippen LogP contribution is -2.00. The first-order chi connectivity index (χ1) is 7.43. The van der Waals surface area contributed by atoms with Gasteiger partial charge in [-0.3, -0.25) is 0 Å². The number of hydrogen-bond acceptors (Lipinski definition) is 4. The number of carboxylic acid groups (broad SMARTS) is 1. The molecule has 0 fully saturated rings. The second-order valence-corrected chi connectivity index (χ2v) is 2.78. The van der Waals surface area contributed by atoms with Gasteiger partial charge in [-0.15, -0.1) is 0 Å². The summed E-state index contributed by atoms with van der Waals surface area (Å²) in [7, 11) is 0. The van der Waals surface area contributed by atoms with Crippen molar-refractivity contribution in [2.75, 3.05) is 6.61 Å². The Hall–Kier alpha value is -1.78. The fraction of sp³-hybridized carbons (Fsp3) is 0.455. The standard InChI is InChI=1S/C6H8O4.C5H10O/c1-2-10-6(9)4-3-5(7)8;1-4-6-5(2)3/h3-4H,2H2,1H3,(H,7,8);4-5H,1H2,2-3H3/b4-3-;. The van der Waals surface area contributed by atoms with Crippen LogP contribution in [0.25, 0.3) is 0 Å². The van der Waals surface area contributed by atoms with Crippen LogP contribution in [0.5, 0.6) is 0 Å². The largest absolute Gasteiger partial charge is 0.499 e. The molecule has 0 saturated carbocycles. The van der Waals surface area contributed by atoms with Gasteiger partial charge in [-0.2, -0.15) is 0 Å². The van der Waals surface area contributed by atoms with Crippen molar-refractivity contribution < 1.29 is 24.2 Å². The maximum absolute atomic E-state index is 10.4. The average Bonchev–Trinajstić information content (AvgIpc) is 2.16. The fourth-order valence-electron chi connectivity index (χ4n) is 0.522. The highest BCUT2D eigenvalue weighted by molar-refractivity contribution is 5.90. The highest BCUT2D eigenvalue weighted by Crippen LogP contribution is 1.84. The molecular weight excluding hydrogens is 212 g/mol. The van der Waals surface area contributed by atoms with Gasteiger partial charge in [0.25, 0.3) is 0 Å². The van der Waals surface area contributed by atoms with Crippen LogP contribution in [-0.2, 0) is 19.1 Å². The summed E-state index contributed by atoms with van der Waals surface area (Å²) in [6, 6.07) is 0. The number of carbonyl (C=O) groups is 2. The number of hydrogen-bond donors (Lipinski definition) is 1. The van der Waals surface area contributed by atoms with Crippen molar-refractivity contribution in [3.05, 3.63) is 25.0 Å². The van der Waals surface area contributed by atoms with Crippen LogP contribution >= 0.6 is 0 Å². The van der Waals surface area contributed by atoms with Crippen molar-refractivity contribution in [2.24, 2.45) is 0 Å². The normalized spacial score (nSPS) is 9.25. The van der Waals surface area contributed by atoms with E-state index in [0.29, 0.717) is 0 Å². The molecular formula is C11H18O5. The summed E-state index contributed by atoms with van der Waals surface area (Å²) in [6.07, 6.45) is 3.33. The Labute approximate surface area is 95.4 Å². The molecule has 92 valence electrons. The van der Waals surface area contributed by atoms with E-state index in [1.54, 1.807) is 6.92 Å². The Morgan fingerprint density at radius 3 is 2.19 bits per heavy atom. The van der Waals surface area contributed by atoms with Gasteiger partial charge in [0.05, 0.1) is 19.0 Å². The zero-order chi connectivity index (χ0) is 13.0. The molecule has 0 aliphatic heterocycles. The zero-order valence-corrected chi connectivity index (χ0v) is 9.80. The zero-order valence-electron chi connectivity index (χ0n) is 9.80.